The van der Waals surface area contributed by atoms with Crippen LogP contribution >= 0.6 is 0 Å². The summed E-state index contributed by atoms with van der Waals surface area (Å²) in [5.41, 5.74) is 0. The van der Waals surface area contributed by atoms with E-state index < -0.39 is 0 Å². The van der Waals surface area contributed by atoms with Crippen LogP contribution < -0.4 is 5.32 Å². The van der Waals surface area contributed by atoms with Crippen molar-refractivity contribution in [2.75, 3.05) is 32.8 Å². The average molecular weight is 242 g/mol. The molecule has 0 aromatic heterocycles. The molecule has 3 nitrogen and oxygen atoms in total. The van der Waals surface area contributed by atoms with Gasteiger partial charge in [-0.2, -0.15) is 0 Å². The van der Waals surface area contributed by atoms with Gasteiger partial charge >= 0.3 is 0 Å². The lowest BCUT2D eigenvalue weighted by Gasteiger charge is -2.21. The van der Waals surface area contributed by atoms with E-state index in [0.29, 0.717) is 6.10 Å². The largest absolute Gasteiger partial charge is 0.379 e. The molecule has 2 unspecified atom stereocenters. The topological polar surface area (TPSA) is 24.5 Å². The van der Waals surface area contributed by atoms with Crippen molar-refractivity contribution in [3.05, 3.63) is 0 Å². The Bertz CT molecular complexity index is 197. The Hall–Kier alpha value is -0.120. The van der Waals surface area contributed by atoms with E-state index in [0.717, 1.165) is 38.1 Å². The van der Waals surface area contributed by atoms with Crippen LogP contribution in [0.1, 0.15) is 40.5 Å². The van der Waals surface area contributed by atoms with Crippen molar-refractivity contribution in [2.45, 2.75) is 52.7 Å². The van der Waals surface area contributed by atoms with Gasteiger partial charge in [0.2, 0.25) is 0 Å². The standard InChI is InChI=1S/C14H30N2O/c1-12(2)17-9-5-6-15-7-8-16-11-13(3)10-14(16)4/h12-15H,5-11H2,1-4H3. The lowest BCUT2D eigenvalue weighted by Crippen LogP contribution is -2.35. The van der Waals surface area contributed by atoms with Gasteiger partial charge < -0.3 is 10.1 Å². The molecule has 0 aromatic carbocycles. The Kier molecular flexibility index (Phi) is 7.09. The van der Waals surface area contributed by atoms with Gasteiger partial charge in [0.1, 0.15) is 0 Å². The molecule has 0 spiro atoms. The van der Waals surface area contributed by atoms with Crippen molar-refractivity contribution in [1.29, 1.82) is 0 Å². The second-order valence-corrected chi connectivity index (χ2v) is 5.71. The molecule has 0 aliphatic carbocycles. The summed E-state index contributed by atoms with van der Waals surface area (Å²) >= 11 is 0. The fraction of sp³-hybridized carbons (Fsp3) is 1.00. The van der Waals surface area contributed by atoms with Crippen LogP contribution in [0.15, 0.2) is 0 Å². The van der Waals surface area contributed by atoms with Crippen molar-refractivity contribution in [3.63, 3.8) is 0 Å². The lowest BCUT2D eigenvalue weighted by atomic mass is 10.1. The van der Waals surface area contributed by atoms with E-state index in [1.807, 2.05) is 0 Å². The molecule has 1 heterocycles. The van der Waals surface area contributed by atoms with Gasteiger partial charge in [-0.25, -0.2) is 0 Å². The first-order valence-corrected chi connectivity index (χ1v) is 7.16. The number of likely N-dealkylation sites (tertiary alicyclic amines) is 1. The molecule has 3 heteroatoms. The van der Waals surface area contributed by atoms with E-state index in [4.69, 9.17) is 4.74 Å². The number of nitrogens with one attached hydrogen (secondary N) is 1. The van der Waals surface area contributed by atoms with Crippen molar-refractivity contribution in [3.8, 4) is 0 Å². The van der Waals surface area contributed by atoms with Crippen molar-refractivity contribution < 1.29 is 4.74 Å². The summed E-state index contributed by atoms with van der Waals surface area (Å²) < 4.78 is 5.50. The molecule has 17 heavy (non-hydrogen) atoms. The number of hydrogen-bond acceptors (Lipinski definition) is 3. The van der Waals surface area contributed by atoms with Gasteiger partial charge in [0.25, 0.3) is 0 Å². The van der Waals surface area contributed by atoms with Gasteiger partial charge in [-0.3, -0.25) is 4.90 Å². The number of nitrogens with zero attached hydrogens (tertiary/aromatic N) is 1. The Balaban J connectivity index is 1.90. The van der Waals surface area contributed by atoms with Gasteiger partial charge in [-0.1, -0.05) is 6.92 Å². The molecule has 1 N–H and O–H groups in total. The maximum atomic E-state index is 5.50. The molecule has 1 aliphatic rings. The van der Waals surface area contributed by atoms with Crippen LogP contribution in [0.3, 0.4) is 0 Å². The van der Waals surface area contributed by atoms with Crippen molar-refractivity contribution in [1.82, 2.24) is 10.2 Å². The highest BCUT2D eigenvalue weighted by Crippen LogP contribution is 2.21. The first kappa shape index (κ1) is 14.9. The molecule has 2 atom stereocenters. The summed E-state index contributed by atoms with van der Waals surface area (Å²) in [4.78, 5) is 2.60. The fourth-order valence-electron chi connectivity index (χ4n) is 2.56. The van der Waals surface area contributed by atoms with E-state index >= 15 is 0 Å². The highest BCUT2D eigenvalue weighted by atomic mass is 16.5. The van der Waals surface area contributed by atoms with E-state index in [1.165, 1.54) is 19.5 Å². The van der Waals surface area contributed by atoms with Crippen LogP contribution in [0.25, 0.3) is 0 Å². The van der Waals surface area contributed by atoms with Gasteiger partial charge in [0, 0.05) is 32.3 Å². The average Bonchev–Trinajstić information content (AvgIpc) is 2.55. The van der Waals surface area contributed by atoms with E-state index in [2.05, 4.69) is 37.9 Å². The molecule has 0 aromatic rings. The zero-order valence-corrected chi connectivity index (χ0v) is 12.0. The highest BCUT2D eigenvalue weighted by Gasteiger charge is 2.24. The molecule has 1 fully saturated rings. The molecule has 1 aliphatic heterocycles. The van der Waals surface area contributed by atoms with Gasteiger partial charge in [0.05, 0.1) is 6.10 Å². The van der Waals surface area contributed by atoms with E-state index in [9.17, 15) is 0 Å². The number of ether oxygens (including phenoxy) is 1. The van der Waals surface area contributed by atoms with Crippen LogP contribution in [0.4, 0.5) is 0 Å². The van der Waals surface area contributed by atoms with Gasteiger partial charge in [0.15, 0.2) is 0 Å². The predicted octanol–water partition coefficient (Wildman–Crippen LogP) is 2.12. The maximum absolute atomic E-state index is 5.50. The summed E-state index contributed by atoms with van der Waals surface area (Å²) in [5, 5.41) is 3.50. The first-order chi connectivity index (χ1) is 8.09. The number of hydrogen-bond donors (Lipinski definition) is 1. The van der Waals surface area contributed by atoms with Crippen LogP contribution in [0, 0.1) is 5.92 Å². The van der Waals surface area contributed by atoms with Gasteiger partial charge in [-0.05, 0) is 46.1 Å². The van der Waals surface area contributed by atoms with Crippen LogP contribution in [-0.4, -0.2) is 49.8 Å². The molecule has 0 bridgehead atoms. The lowest BCUT2D eigenvalue weighted by molar-refractivity contribution is 0.0770. The minimum atomic E-state index is 0.363. The van der Waals surface area contributed by atoms with Crippen molar-refractivity contribution >= 4 is 0 Å². The Morgan fingerprint density at radius 3 is 2.65 bits per heavy atom. The van der Waals surface area contributed by atoms with Crippen LogP contribution in [-0.2, 0) is 4.74 Å². The Morgan fingerprint density at radius 1 is 1.29 bits per heavy atom. The zero-order chi connectivity index (χ0) is 12.7. The minimum Gasteiger partial charge on any atom is -0.379 e. The SMILES string of the molecule is CC1CC(C)N(CCNCCCOC(C)C)C1. The molecule has 1 rings (SSSR count). The second kappa shape index (κ2) is 8.06. The Labute approximate surface area is 107 Å². The maximum Gasteiger partial charge on any atom is 0.0518 e. The predicted molar refractivity (Wildman–Crippen MR) is 73.4 cm³/mol. The summed E-state index contributed by atoms with van der Waals surface area (Å²) in [5.74, 6) is 0.879. The third-order valence-electron chi connectivity index (χ3n) is 3.44. The quantitative estimate of drug-likeness (QED) is 0.660. The minimum absolute atomic E-state index is 0.363. The number of rotatable bonds is 8. The smallest absolute Gasteiger partial charge is 0.0518 e. The van der Waals surface area contributed by atoms with Crippen LogP contribution in [0.2, 0.25) is 0 Å². The summed E-state index contributed by atoms with van der Waals surface area (Å²) in [6, 6.07) is 0.774. The summed E-state index contributed by atoms with van der Waals surface area (Å²) in [7, 11) is 0. The van der Waals surface area contributed by atoms with E-state index in [1.54, 1.807) is 0 Å². The highest BCUT2D eigenvalue weighted by molar-refractivity contribution is 4.80. The molecular weight excluding hydrogens is 212 g/mol. The third-order valence-corrected chi connectivity index (χ3v) is 3.44. The summed E-state index contributed by atoms with van der Waals surface area (Å²) in [6.45, 7) is 14.4. The second-order valence-electron chi connectivity index (χ2n) is 5.71. The third kappa shape index (κ3) is 6.39. The zero-order valence-electron chi connectivity index (χ0n) is 12.0. The Morgan fingerprint density at radius 2 is 2.06 bits per heavy atom. The van der Waals surface area contributed by atoms with E-state index in [-0.39, 0.29) is 0 Å². The molecule has 1 saturated heterocycles. The summed E-state index contributed by atoms with van der Waals surface area (Å²) in [6.07, 6.45) is 2.84. The molecule has 0 radical (unpaired) electrons. The molecule has 0 amide bonds. The monoisotopic (exact) mass is 242 g/mol. The first-order valence-electron chi connectivity index (χ1n) is 7.16. The normalized spacial score (nSPS) is 25.9. The van der Waals surface area contributed by atoms with Crippen molar-refractivity contribution in [2.24, 2.45) is 5.92 Å². The van der Waals surface area contributed by atoms with Crippen LogP contribution in [0.5, 0.6) is 0 Å². The molecule has 0 saturated carbocycles. The fourth-order valence-corrected chi connectivity index (χ4v) is 2.56. The van der Waals surface area contributed by atoms with Gasteiger partial charge in [-0.15, -0.1) is 0 Å². The molecular formula is C14H30N2O. The molecule has 102 valence electrons.